The van der Waals surface area contributed by atoms with Gasteiger partial charge in [0.15, 0.2) is 5.76 Å². The summed E-state index contributed by atoms with van der Waals surface area (Å²) >= 11 is 0. The summed E-state index contributed by atoms with van der Waals surface area (Å²) in [5.41, 5.74) is 2.49. The maximum atomic E-state index is 13.5. The number of aromatic hydroxyl groups is 1. The van der Waals surface area contributed by atoms with Crippen molar-refractivity contribution in [3.63, 3.8) is 0 Å². The minimum absolute atomic E-state index is 0.0275. The van der Waals surface area contributed by atoms with E-state index in [0.717, 1.165) is 11.1 Å². The molecule has 0 unspecified atom stereocenters. The van der Waals surface area contributed by atoms with Crippen LogP contribution in [0.25, 0.3) is 17.0 Å². The lowest BCUT2D eigenvalue weighted by Crippen LogP contribution is -2.15. The molecule has 0 saturated heterocycles. The maximum absolute atomic E-state index is 13.5. The van der Waals surface area contributed by atoms with Gasteiger partial charge in [0, 0.05) is 23.6 Å². The van der Waals surface area contributed by atoms with Crippen LogP contribution in [0.15, 0.2) is 48.2 Å². The summed E-state index contributed by atoms with van der Waals surface area (Å²) in [6, 6.07) is 11.4. The van der Waals surface area contributed by atoms with Gasteiger partial charge in [0.2, 0.25) is 5.82 Å². The van der Waals surface area contributed by atoms with Gasteiger partial charge >= 0.3 is 0 Å². The predicted molar refractivity (Wildman–Crippen MR) is 85.0 cm³/mol. The van der Waals surface area contributed by atoms with Gasteiger partial charge in [-0.3, -0.25) is 0 Å². The molecule has 0 spiro atoms. The van der Waals surface area contributed by atoms with Gasteiger partial charge in [-0.2, -0.15) is 5.21 Å². The number of aromatic amines is 1. The molecule has 126 valence electrons. The number of allylic oxidation sites excluding steroid dienone is 2. The SMILES string of the molecule is Oc1ccc2c(c1)OC(C(F)F)=C(c1ccc(-c3nn[nH]n3)cc1)C2. The fourth-order valence-electron chi connectivity index (χ4n) is 2.77. The molecule has 1 aromatic heterocycles. The molecule has 0 saturated carbocycles. The molecule has 4 rings (SSSR count). The van der Waals surface area contributed by atoms with E-state index < -0.39 is 12.2 Å². The van der Waals surface area contributed by atoms with Crippen LogP contribution in [-0.4, -0.2) is 32.2 Å². The van der Waals surface area contributed by atoms with Gasteiger partial charge in [0.1, 0.15) is 11.5 Å². The molecule has 1 aliphatic heterocycles. The van der Waals surface area contributed by atoms with Crippen molar-refractivity contribution in [1.82, 2.24) is 20.6 Å². The Morgan fingerprint density at radius 2 is 1.84 bits per heavy atom. The first-order chi connectivity index (χ1) is 12.1. The van der Waals surface area contributed by atoms with Crippen molar-refractivity contribution in [3.05, 3.63) is 59.4 Å². The minimum atomic E-state index is -2.76. The van der Waals surface area contributed by atoms with Crippen molar-refractivity contribution in [2.24, 2.45) is 0 Å². The number of nitrogens with zero attached hydrogens (tertiary/aromatic N) is 3. The number of H-pyrrole nitrogens is 1. The Kier molecular flexibility index (Phi) is 3.64. The molecule has 8 heteroatoms. The van der Waals surface area contributed by atoms with Crippen LogP contribution < -0.4 is 4.74 Å². The van der Waals surface area contributed by atoms with Crippen LogP contribution in [0, 0.1) is 0 Å². The van der Waals surface area contributed by atoms with Gasteiger partial charge in [0.05, 0.1) is 0 Å². The van der Waals surface area contributed by atoms with E-state index in [1.54, 1.807) is 30.3 Å². The Morgan fingerprint density at radius 1 is 1.08 bits per heavy atom. The van der Waals surface area contributed by atoms with E-state index in [-0.39, 0.29) is 17.9 Å². The third-order valence-electron chi connectivity index (χ3n) is 3.97. The topological polar surface area (TPSA) is 83.9 Å². The highest BCUT2D eigenvalue weighted by molar-refractivity contribution is 5.74. The standard InChI is InChI=1S/C17H12F2N4O2/c18-16(19)15-13(7-11-5-6-12(24)8-14(11)25-15)9-1-3-10(4-2-9)17-20-22-23-21-17/h1-6,8,16,24H,7H2,(H,20,21,22,23). The summed E-state index contributed by atoms with van der Waals surface area (Å²) in [7, 11) is 0. The third kappa shape index (κ3) is 2.82. The minimum Gasteiger partial charge on any atom is -0.508 e. The molecule has 0 radical (unpaired) electrons. The molecule has 1 aliphatic rings. The highest BCUT2D eigenvalue weighted by Gasteiger charge is 2.27. The van der Waals surface area contributed by atoms with Gasteiger partial charge < -0.3 is 9.84 Å². The lowest BCUT2D eigenvalue weighted by atomic mass is 9.93. The largest absolute Gasteiger partial charge is 0.508 e. The van der Waals surface area contributed by atoms with E-state index in [1.807, 2.05) is 0 Å². The molecule has 0 atom stereocenters. The Bertz CT molecular complexity index is 938. The number of aromatic nitrogens is 4. The zero-order valence-corrected chi connectivity index (χ0v) is 12.8. The van der Waals surface area contributed by atoms with Crippen LogP contribution in [0.5, 0.6) is 11.5 Å². The van der Waals surface area contributed by atoms with Crippen molar-refractivity contribution >= 4 is 5.57 Å². The summed E-state index contributed by atoms with van der Waals surface area (Å²) in [5, 5.41) is 23.1. The number of ether oxygens (including phenoxy) is 1. The normalized spacial score (nSPS) is 13.7. The number of benzene rings is 2. The van der Waals surface area contributed by atoms with E-state index in [0.29, 0.717) is 17.0 Å². The van der Waals surface area contributed by atoms with Crippen molar-refractivity contribution in [1.29, 1.82) is 0 Å². The molecule has 6 nitrogen and oxygen atoms in total. The summed E-state index contributed by atoms with van der Waals surface area (Å²) < 4.78 is 32.3. The van der Waals surface area contributed by atoms with E-state index in [9.17, 15) is 13.9 Å². The van der Waals surface area contributed by atoms with Gasteiger partial charge in [-0.15, -0.1) is 10.2 Å². The number of hydrogen-bond acceptors (Lipinski definition) is 5. The summed E-state index contributed by atoms with van der Waals surface area (Å²) in [6.07, 6.45) is -2.47. The van der Waals surface area contributed by atoms with E-state index in [2.05, 4.69) is 20.6 Å². The monoisotopic (exact) mass is 342 g/mol. The van der Waals surface area contributed by atoms with Crippen LogP contribution in [0.1, 0.15) is 11.1 Å². The number of halogens is 2. The highest BCUT2D eigenvalue weighted by atomic mass is 19.3. The number of phenols is 1. The van der Waals surface area contributed by atoms with Crippen molar-refractivity contribution < 1.29 is 18.6 Å². The molecule has 3 aromatic rings. The Morgan fingerprint density at radius 3 is 2.52 bits per heavy atom. The highest BCUT2D eigenvalue weighted by Crippen LogP contribution is 2.38. The lowest BCUT2D eigenvalue weighted by molar-refractivity contribution is 0.136. The zero-order valence-electron chi connectivity index (χ0n) is 12.8. The summed E-state index contributed by atoms with van der Waals surface area (Å²) in [4.78, 5) is 0. The molecule has 0 fully saturated rings. The fourth-order valence-corrected chi connectivity index (χ4v) is 2.77. The molecule has 25 heavy (non-hydrogen) atoms. The first kappa shape index (κ1) is 15.3. The Hall–Kier alpha value is -3.29. The molecule has 0 amide bonds. The predicted octanol–water partition coefficient (Wildman–Crippen LogP) is 3.18. The van der Waals surface area contributed by atoms with Crippen molar-refractivity contribution in [3.8, 4) is 22.9 Å². The molecule has 0 aliphatic carbocycles. The third-order valence-corrected chi connectivity index (χ3v) is 3.97. The second-order valence-corrected chi connectivity index (χ2v) is 5.53. The van der Waals surface area contributed by atoms with Gasteiger partial charge in [-0.25, -0.2) is 8.78 Å². The zero-order chi connectivity index (χ0) is 17.4. The summed E-state index contributed by atoms with van der Waals surface area (Å²) in [5.74, 6) is 0.253. The second-order valence-electron chi connectivity index (χ2n) is 5.53. The van der Waals surface area contributed by atoms with E-state index in [1.165, 1.54) is 12.1 Å². The summed E-state index contributed by atoms with van der Waals surface area (Å²) in [6.45, 7) is 0. The van der Waals surface area contributed by atoms with Crippen LogP contribution in [0.4, 0.5) is 8.78 Å². The number of nitrogens with one attached hydrogen (secondary N) is 1. The smallest absolute Gasteiger partial charge is 0.295 e. The second kappa shape index (κ2) is 5.97. The first-order valence-electron chi connectivity index (χ1n) is 7.47. The molecule has 2 aromatic carbocycles. The van der Waals surface area contributed by atoms with Crippen molar-refractivity contribution in [2.75, 3.05) is 0 Å². The van der Waals surface area contributed by atoms with Crippen LogP contribution >= 0.6 is 0 Å². The molecule has 2 N–H and O–H groups in total. The number of fused-ring (bicyclic) bond motifs is 1. The molecule has 0 bridgehead atoms. The van der Waals surface area contributed by atoms with Crippen LogP contribution in [0.3, 0.4) is 0 Å². The fraction of sp³-hybridized carbons (Fsp3) is 0.118. The van der Waals surface area contributed by atoms with Gasteiger partial charge in [-0.1, -0.05) is 30.3 Å². The number of tetrazole rings is 1. The number of hydrogen-bond donors (Lipinski definition) is 2. The lowest BCUT2D eigenvalue weighted by Gasteiger charge is -2.23. The average Bonchev–Trinajstić information content (AvgIpc) is 3.15. The van der Waals surface area contributed by atoms with Crippen molar-refractivity contribution in [2.45, 2.75) is 12.8 Å². The van der Waals surface area contributed by atoms with Crippen LogP contribution in [0.2, 0.25) is 0 Å². The van der Waals surface area contributed by atoms with E-state index >= 15 is 0 Å². The average molecular weight is 342 g/mol. The molecular weight excluding hydrogens is 330 g/mol. The molecular formula is C17H12F2N4O2. The molecule has 2 heterocycles. The Labute approximate surface area is 140 Å². The van der Waals surface area contributed by atoms with Gasteiger partial charge in [0.25, 0.3) is 6.43 Å². The maximum Gasteiger partial charge on any atom is 0.295 e. The number of phenolic OH excluding ortho intramolecular Hbond substituents is 1. The van der Waals surface area contributed by atoms with E-state index in [4.69, 9.17) is 4.74 Å². The first-order valence-corrected chi connectivity index (χ1v) is 7.47. The van der Waals surface area contributed by atoms with Gasteiger partial charge in [-0.05, 0) is 22.4 Å². The Balaban J connectivity index is 1.73. The van der Waals surface area contributed by atoms with Crippen LogP contribution in [-0.2, 0) is 6.42 Å². The number of alkyl halides is 2. The number of rotatable bonds is 3. The quantitative estimate of drug-likeness (QED) is 0.764.